The summed E-state index contributed by atoms with van der Waals surface area (Å²) in [5.41, 5.74) is 7.52. The number of azide groups is 1. The van der Waals surface area contributed by atoms with Crippen LogP contribution in [0.4, 0.5) is 11.6 Å². The molecule has 0 aliphatic heterocycles. The molecule has 3 aromatic rings. The lowest BCUT2D eigenvalue weighted by atomic mass is 10.2. The number of fused-ring (bicyclic) bond motifs is 1. The number of hydrogen-bond donors (Lipinski definition) is 3. The fourth-order valence-corrected chi connectivity index (χ4v) is 2.70. The number of nitrogens with one attached hydrogen (secondary N) is 3. The van der Waals surface area contributed by atoms with E-state index in [1.165, 1.54) is 0 Å². The van der Waals surface area contributed by atoms with E-state index in [-0.39, 0.29) is 18.2 Å². The van der Waals surface area contributed by atoms with Crippen molar-refractivity contribution in [2.45, 2.75) is 6.54 Å². The lowest BCUT2D eigenvalue weighted by Crippen LogP contribution is -2.31. The molecule has 0 unspecified atom stereocenters. The number of nitrogens with zero attached hydrogens (tertiary/aromatic N) is 6. The van der Waals surface area contributed by atoms with Crippen LogP contribution in [-0.4, -0.2) is 26.8 Å². The van der Waals surface area contributed by atoms with Crippen molar-refractivity contribution in [3.05, 3.63) is 66.2 Å². The van der Waals surface area contributed by atoms with Gasteiger partial charge in [-0.2, -0.15) is 0 Å². The summed E-state index contributed by atoms with van der Waals surface area (Å²) in [6.45, 7) is -0.310. The van der Waals surface area contributed by atoms with Crippen LogP contribution < -0.4 is 10.9 Å². The van der Waals surface area contributed by atoms with Crippen LogP contribution in [0, 0.1) is 10.3 Å². The molecular weight excluding hydrogens is 390 g/mol. The van der Waals surface area contributed by atoms with Crippen molar-refractivity contribution in [1.29, 1.82) is 5.41 Å². The van der Waals surface area contributed by atoms with Crippen molar-refractivity contribution >= 4 is 46.5 Å². The van der Waals surface area contributed by atoms with E-state index in [1.54, 1.807) is 18.2 Å². The van der Waals surface area contributed by atoms with Gasteiger partial charge in [0.25, 0.3) is 11.5 Å². The Kier molecular flexibility index (Phi) is 5.16. The normalized spacial score (nSPS) is 10.3. The smallest absolute Gasteiger partial charge is 0.271 e. The summed E-state index contributed by atoms with van der Waals surface area (Å²) < 4.78 is 0.774. The number of anilines is 1. The average molecular weight is 400 g/mol. The van der Waals surface area contributed by atoms with E-state index in [1.807, 2.05) is 0 Å². The summed E-state index contributed by atoms with van der Waals surface area (Å²) in [4.78, 5) is 45.8. The summed E-state index contributed by atoms with van der Waals surface area (Å²) >= 11 is 5.90. The average Bonchev–Trinajstić information content (AvgIpc) is 3.06. The van der Waals surface area contributed by atoms with E-state index in [4.69, 9.17) is 22.5 Å². The molecule has 1 aromatic carbocycles. The summed E-state index contributed by atoms with van der Waals surface area (Å²) in [5.74, 6) is -0.922. The van der Waals surface area contributed by atoms with Gasteiger partial charge in [-0.05, 0) is 35.0 Å². The highest BCUT2D eigenvalue weighted by molar-refractivity contribution is 6.31. The number of pyridine rings is 1. The zero-order valence-corrected chi connectivity index (χ0v) is 14.6. The van der Waals surface area contributed by atoms with Crippen LogP contribution in [0.25, 0.3) is 21.5 Å². The Labute approximate surface area is 160 Å². The van der Waals surface area contributed by atoms with Gasteiger partial charge in [0.2, 0.25) is 5.95 Å². The van der Waals surface area contributed by atoms with Crippen molar-refractivity contribution in [1.82, 2.24) is 14.5 Å². The highest BCUT2D eigenvalue weighted by Gasteiger charge is 2.22. The zero-order valence-electron chi connectivity index (χ0n) is 13.9. The number of aromatic nitrogens is 3. The molecule has 13 heteroatoms. The number of imidazole rings is 1. The maximum atomic E-state index is 12.6. The molecule has 0 aliphatic carbocycles. The molecule has 0 radical (unpaired) electrons. The Morgan fingerprint density at radius 3 is 2.93 bits per heavy atom. The third-order valence-corrected chi connectivity index (χ3v) is 3.96. The molecule has 0 saturated heterocycles. The summed E-state index contributed by atoms with van der Waals surface area (Å²) in [6, 6.07) is 5.96. The Balaban J connectivity index is 2.04. The second-order valence-electron chi connectivity index (χ2n) is 5.38. The van der Waals surface area contributed by atoms with Gasteiger partial charge in [0.05, 0.1) is 23.9 Å². The quantitative estimate of drug-likeness (QED) is 0.143. The maximum Gasteiger partial charge on any atom is 0.271 e. The first-order valence-electron chi connectivity index (χ1n) is 7.58. The van der Waals surface area contributed by atoms with Crippen molar-refractivity contribution < 1.29 is 4.79 Å². The number of rotatable bonds is 6. The Bertz CT molecular complexity index is 1220. The number of nitroso groups, excluding NO2 is 1. The first kappa shape index (κ1) is 18.8. The molecule has 1 amide bonds. The van der Waals surface area contributed by atoms with Crippen LogP contribution in [0.1, 0.15) is 16.1 Å². The standard InChI is InChI=1S/C15H10ClN9O3/c16-7-1-2-9-10(3-7)21-15(20-9)22-13(26)12-11(23-28)4-8(5-19-24-18)25(6-17)14(12)27/h1-4,6,17H,5H2,(H2,20,21,22,26). The highest BCUT2D eigenvalue weighted by Crippen LogP contribution is 2.21. The molecule has 0 bridgehead atoms. The molecule has 2 heterocycles. The summed E-state index contributed by atoms with van der Waals surface area (Å²) in [6.07, 6.45) is 0.638. The fraction of sp³-hybridized carbons (Fsp3) is 0.0667. The minimum absolute atomic E-state index is 0.0260. The maximum absolute atomic E-state index is 12.6. The van der Waals surface area contributed by atoms with E-state index in [2.05, 4.69) is 30.5 Å². The topological polar surface area (TPSA) is 182 Å². The zero-order chi connectivity index (χ0) is 20.3. The van der Waals surface area contributed by atoms with Gasteiger partial charge in [-0.15, -0.1) is 4.91 Å². The fourth-order valence-electron chi connectivity index (χ4n) is 2.52. The minimum atomic E-state index is -0.966. The second kappa shape index (κ2) is 7.70. The molecule has 140 valence electrons. The number of carbonyl (C=O) groups is 1. The highest BCUT2D eigenvalue weighted by atomic mass is 35.5. The monoisotopic (exact) mass is 399 g/mol. The number of H-pyrrole nitrogens is 1. The van der Waals surface area contributed by atoms with Crippen LogP contribution in [0.3, 0.4) is 0 Å². The van der Waals surface area contributed by atoms with Crippen molar-refractivity contribution in [3.63, 3.8) is 0 Å². The molecule has 2 aromatic heterocycles. The van der Waals surface area contributed by atoms with Gasteiger partial charge in [-0.3, -0.25) is 24.9 Å². The van der Waals surface area contributed by atoms with Gasteiger partial charge in [0.1, 0.15) is 11.3 Å². The second-order valence-corrected chi connectivity index (χ2v) is 5.82. The van der Waals surface area contributed by atoms with Crippen LogP contribution in [-0.2, 0) is 6.54 Å². The predicted octanol–water partition coefficient (Wildman–Crippen LogP) is 3.29. The van der Waals surface area contributed by atoms with Gasteiger partial charge >= 0.3 is 0 Å². The largest absolute Gasteiger partial charge is 0.324 e. The number of carbonyl (C=O) groups excluding carboxylic acids is 1. The SMILES string of the molecule is [N-]=[N+]=NCc1cc(N=O)c(C(=O)Nc2nc3ccc(Cl)cc3[nH]2)c(=O)n1C=N. The summed E-state index contributed by atoms with van der Waals surface area (Å²) in [5, 5.41) is 16.2. The van der Waals surface area contributed by atoms with Gasteiger partial charge in [-0.25, -0.2) is 4.98 Å². The Hall–Kier alpha value is -4.02. The van der Waals surface area contributed by atoms with Gasteiger partial charge < -0.3 is 4.98 Å². The molecule has 3 N–H and O–H groups in total. The van der Waals surface area contributed by atoms with Crippen LogP contribution >= 0.6 is 11.6 Å². The van der Waals surface area contributed by atoms with Crippen molar-refractivity contribution in [3.8, 4) is 0 Å². The lowest BCUT2D eigenvalue weighted by Gasteiger charge is -2.10. The molecule has 0 fully saturated rings. The van der Waals surface area contributed by atoms with Gasteiger partial charge in [-0.1, -0.05) is 16.7 Å². The Morgan fingerprint density at radius 2 is 2.25 bits per heavy atom. The first-order chi connectivity index (χ1) is 13.5. The number of hydrogen-bond acceptors (Lipinski definition) is 7. The molecule has 3 rings (SSSR count). The predicted molar refractivity (Wildman–Crippen MR) is 102 cm³/mol. The number of amides is 1. The van der Waals surface area contributed by atoms with Crippen LogP contribution in [0.15, 0.2) is 39.4 Å². The van der Waals surface area contributed by atoms with E-state index >= 15 is 0 Å². The van der Waals surface area contributed by atoms with Crippen molar-refractivity contribution in [2.75, 3.05) is 5.32 Å². The first-order valence-corrected chi connectivity index (χ1v) is 7.96. The molecular formula is C15H10ClN9O3. The van der Waals surface area contributed by atoms with Crippen LogP contribution in [0.2, 0.25) is 5.02 Å². The third-order valence-electron chi connectivity index (χ3n) is 3.73. The molecule has 0 atom stereocenters. The van der Waals surface area contributed by atoms with E-state index in [0.717, 1.165) is 10.6 Å². The molecule has 0 aliphatic rings. The number of halogens is 1. The number of benzene rings is 1. The summed E-state index contributed by atoms with van der Waals surface area (Å²) in [7, 11) is 0. The lowest BCUT2D eigenvalue weighted by molar-refractivity contribution is 0.102. The number of aromatic amines is 1. The van der Waals surface area contributed by atoms with E-state index in [0.29, 0.717) is 22.4 Å². The minimum Gasteiger partial charge on any atom is -0.324 e. The molecule has 0 saturated carbocycles. The Morgan fingerprint density at radius 1 is 1.46 bits per heavy atom. The third kappa shape index (κ3) is 3.45. The molecule has 12 nitrogen and oxygen atoms in total. The van der Waals surface area contributed by atoms with Gasteiger partial charge in [0.15, 0.2) is 0 Å². The van der Waals surface area contributed by atoms with E-state index < -0.39 is 22.7 Å². The van der Waals surface area contributed by atoms with Crippen LogP contribution in [0.5, 0.6) is 0 Å². The van der Waals surface area contributed by atoms with E-state index in [9.17, 15) is 14.5 Å². The molecule has 28 heavy (non-hydrogen) atoms. The molecule has 0 spiro atoms. The van der Waals surface area contributed by atoms with Gasteiger partial charge in [0, 0.05) is 15.6 Å². The van der Waals surface area contributed by atoms with Crippen molar-refractivity contribution in [2.24, 2.45) is 10.3 Å².